The molecule has 4 aromatic rings. The van der Waals surface area contributed by atoms with Crippen LogP contribution in [0.4, 0.5) is 10.8 Å². The fraction of sp³-hybridized carbons (Fsp3) is 0.208. The molecular weight excluding hydrogens is 424 g/mol. The zero-order valence-electron chi connectivity index (χ0n) is 18.2. The lowest BCUT2D eigenvalue weighted by molar-refractivity contribution is 0.407. The minimum absolute atomic E-state index is 0.394. The number of anilines is 2. The number of nitrogens with one attached hydrogen (secondary N) is 1. The molecule has 0 unspecified atom stereocenters. The normalized spacial score (nSPS) is 11.2. The van der Waals surface area contributed by atoms with Crippen LogP contribution in [0.15, 0.2) is 68.2 Å². The SMILES string of the molecule is CCN(CC)c1ccc(/C=N/Nc2nc(-c3cc4cccc(OC)c4oc3=O)cs2)cc1. The van der Waals surface area contributed by atoms with Crippen molar-refractivity contribution in [1.29, 1.82) is 0 Å². The van der Waals surface area contributed by atoms with Gasteiger partial charge in [-0.25, -0.2) is 9.78 Å². The largest absolute Gasteiger partial charge is 0.493 e. The summed E-state index contributed by atoms with van der Waals surface area (Å²) in [7, 11) is 1.54. The molecule has 0 radical (unpaired) electrons. The third-order valence-corrected chi connectivity index (χ3v) is 5.87. The van der Waals surface area contributed by atoms with Crippen LogP contribution in [-0.2, 0) is 0 Å². The first-order valence-corrected chi connectivity index (χ1v) is 11.2. The number of hydrogen-bond donors (Lipinski definition) is 1. The van der Waals surface area contributed by atoms with Gasteiger partial charge in [0.1, 0.15) is 0 Å². The van der Waals surface area contributed by atoms with Crippen molar-refractivity contribution in [2.24, 2.45) is 5.10 Å². The van der Waals surface area contributed by atoms with Crippen LogP contribution < -0.4 is 20.7 Å². The van der Waals surface area contributed by atoms with Gasteiger partial charge in [-0.05, 0) is 43.7 Å². The number of hydrogen-bond acceptors (Lipinski definition) is 8. The molecule has 0 aliphatic rings. The number of fused-ring (bicyclic) bond motifs is 1. The van der Waals surface area contributed by atoms with Crippen molar-refractivity contribution in [1.82, 2.24) is 4.98 Å². The van der Waals surface area contributed by atoms with E-state index in [4.69, 9.17) is 9.15 Å². The number of aromatic nitrogens is 1. The Balaban J connectivity index is 1.49. The van der Waals surface area contributed by atoms with E-state index in [1.807, 2.05) is 24.3 Å². The highest BCUT2D eigenvalue weighted by Crippen LogP contribution is 2.29. The lowest BCUT2D eigenvalue weighted by Crippen LogP contribution is -2.21. The molecule has 0 aliphatic heterocycles. The second-order valence-electron chi connectivity index (χ2n) is 7.00. The van der Waals surface area contributed by atoms with Crippen molar-refractivity contribution in [2.45, 2.75) is 13.8 Å². The van der Waals surface area contributed by atoms with Crippen LogP contribution in [0.25, 0.3) is 22.2 Å². The Morgan fingerprint density at radius 2 is 1.97 bits per heavy atom. The van der Waals surface area contributed by atoms with Crippen molar-refractivity contribution < 1.29 is 9.15 Å². The maximum Gasteiger partial charge on any atom is 0.345 e. The highest BCUT2D eigenvalue weighted by atomic mass is 32.1. The Labute approximate surface area is 190 Å². The average Bonchev–Trinajstić information content (AvgIpc) is 3.28. The van der Waals surface area contributed by atoms with E-state index in [2.05, 4.69) is 46.4 Å². The van der Waals surface area contributed by atoms with Gasteiger partial charge in [0.15, 0.2) is 11.3 Å². The van der Waals surface area contributed by atoms with Gasteiger partial charge in [-0.1, -0.05) is 24.3 Å². The zero-order valence-corrected chi connectivity index (χ0v) is 19.0. The molecule has 0 atom stereocenters. The van der Waals surface area contributed by atoms with Crippen LogP contribution >= 0.6 is 11.3 Å². The first-order valence-electron chi connectivity index (χ1n) is 10.3. The Morgan fingerprint density at radius 1 is 1.19 bits per heavy atom. The molecule has 1 N–H and O–H groups in total. The van der Waals surface area contributed by atoms with E-state index in [1.165, 1.54) is 17.0 Å². The minimum Gasteiger partial charge on any atom is -0.493 e. The molecule has 0 amide bonds. The van der Waals surface area contributed by atoms with E-state index >= 15 is 0 Å². The van der Waals surface area contributed by atoms with E-state index in [0.29, 0.717) is 27.7 Å². The van der Waals surface area contributed by atoms with E-state index in [0.717, 1.165) is 24.0 Å². The molecule has 2 aromatic heterocycles. The molecule has 0 bridgehead atoms. The maximum atomic E-state index is 12.5. The Hall–Kier alpha value is -3.65. The van der Waals surface area contributed by atoms with Crippen molar-refractivity contribution in [2.75, 3.05) is 30.5 Å². The summed E-state index contributed by atoms with van der Waals surface area (Å²) in [5.41, 5.74) is 6.00. The number of ether oxygens (including phenoxy) is 1. The standard InChI is InChI=1S/C24H24N4O3S/c1-4-28(5-2)18-11-9-16(10-12-18)14-25-27-24-26-20(15-32-24)19-13-17-7-6-8-21(30-3)22(17)31-23(19)29/h6-15H,4-5H2,1-3H3,(H,26,27)/b25-14+. The van der Waals surface area contributed by atoms with Gasteiger partial charge < -0.3 is 14.1 Å². The number of benzene rings is 2. The van der Waals surface area contributed by atoms with Crippen LogP contribution in [0.1, 0.15) is 19.4 Å². The minimum atomic E-state index is -0.462. The smallest absolute Gasteiger partial charge is 0.345 e. The Bertz CT molecular complexity index is 1290. The summed E-state index contributed by atoms with van der Waals surface area (Å²) in [5, 5.41) is 7.43. The molecule has 0 saturated heterocycles. The van der Waals surface area contributed by atoms with Crippen LogP contribution in [0.3, 0.4) is 0 Å². The molecule has 0 spiro atoms. The number of thiazole rings is 1. The van der Waals surface area contributed by atoms with Crippen molar-refractivity contribution >= 4 is 39.3 Å². The summed E-state index contributed by atoms with van der Waals surface area (Å²) < 4.78 is 10.8. The van der Waals surface area contributed by atoms with Gasteiger partial charge in [0.25, 0.3) is 0 Å². The summed E-state index contributed by atoms with van der Waals surface area (Å²) in [5.74, 6) is 0.520. The Morgan fingerprint density at radius 3 is 2.69 bits per heavy atom. The number of nitrogens with zero attached hydrogens (tertiary/aromatic N) is 3. The van der Waals surface area contributed by atoms with Gasteiger partial charge in [0.05, 0.1) is 24.6 Å². The Kier molecular flexibility index (Phi) is 6.51. The summed E-state index contributed by atoms with van der Waals surface area (Å²) in [4.78, 5) is 19.3. The van der Waals surface area contributed by atoms with E-state index in [9.17, 15) is 4.79 Å². The van der Waals surface area contributed by atoms with E-state index in [-0.39, 0.29) is 0 Å². The molecule has 8 heteroatoms. The molecule has 0 aliphatic carbocycles. The van der Waals surface area contributed by atoms with Crippen LogP contribution in [0.2, 0.25) is 0 Å². The molecular formula is C24H24N4O3S. The zero-order chi connectivity index (χ0) is 22.5. The molecule has 4 rings (SSSR count). The third kappa shape index (κ3) is 4.50. The molecule has 0 saturated carbocycles. The van der Waals surface area contributed by atoms with Crippen LogP contribution in [0.5, 0.6) is 5.75 Å². The lowest BCUT2D eigenvalue weighted by atomic mass is 10.1. The number of para-hydroxylation sites is 1. The molecule has 2 aromatic carbocycles. The molecule has 0 fully saturated rings. The van der Waals surface area contributed by atoms with Crippen molar-refractivity contribution in [3.63, 3.8) is 0 Å². The van der Waals surface area contributed by atoms with Gasteiger partial charge >= 0.3 is 5.63 Å². The summed E-state index contributed by atoms with van der Waals surface area (Å²) in [6.07, 6.45) is 1.74. The van der Waals surface area contributed by atoms with Crippen LogP contribution in [-0.4, -0.2) is 31.4 Å². The van der Waals surface area contributed by atoms with E-state index in [1.54, 1.807) is 30.8 Å². The van der Waals surface area contributed by atoms with Crippen LogP contribution in [0, 0.1) is 0 Å². The number of rotatable bonds is 8. The first kappa shape index (κ1) is 21.6. The third-order valence-electron chi connectivity index (χ3n) is 5.12. The van der Waals surface area contributed by atoms with Crippen molar-refractivity contribution in [3.8, 4) is 17.0 Å². The second kappa shape index (κ2) is 9.65. The highest BCUT2D eigenvalue weighted by molar-refractivity contribution is 7.14. The lowest BCUT2D eigenvalue weighted by Gasteiger charge is -2.20. The summed E-state index contributed by atoms with van der Waals surface area (Å²) in [6, 6.07) is 15.5. The van der Waals surface area contributed by atoms with Gasteiger partial charge in [0.2, 0.25) is 5.13 Å². The summed E-state index contributed by atoms with van der Waals surface area (Å²) >= 11 is 1.37. The number of hydrazone groups is 1. The number of methoxy groups -OCH3 is 1. The van der Waals surface area contributed by atoms with Gasteiger partial charge in [-0.15, -0.1) is 11.3 Å². The fourth-order valence-corrected chi connectivity index (χ4v) is 4.09. The van der Waals surface area contributed by atoms with E-state index < -0.39 is 5.63 Å². The van der Waals surface area contributed by atoms with Gasteiger partial charge in [0, 0.05) is 29.5 Å². The molecule has 2 heterocycles. The average molecular weight is 449 g/mol. The highest BCUT2D eigenvalue weighted by Gasteiger charge is 2.13. The predicted octanol–water partition coefficient (Wildman–Crippen LogP) is 5.22. The molecule has 164 valence electrons. The maximum absolute atomic E-state index is 12.5. The summed E-state index contributed by atoms with van der Waals surface area (Å²) in [6.45, 7) is 6.23. The fourth-order valence-electron chi connectivity index (χ4n) is 3.43. The van der Waals surface area contributed by atoms with Gasteiger partial charge in [-0.2, -0.15) is 5.10 Å². The first-order chi connectivity index (χ1) is 15.6. The topological polar surface area (TPSA) is 80.0 Å². The van der Waals surface area contributed by atoms with Crippen molar-refractivity contribution in [3.05, 3.63) is 69.9 Å². The molecule has 32 heavy (non-hydrogen) atoms. The molecule has 7 nitrogen and oxygen atoms in total. The quantitative estimate of drug-likeness (QED) is 0.226. The van der Waals surface area contributed by atoms with Gasteiger partial charge in [-0.3, -0.25) is 5.43 Å². The second-order valence-corrected chi connectivity index (χ2v) is 7.86. The predicted molar refractivity (Wildman–Crippen MR) is 131 cm³/mol. The monoisotopic (exact) mass is 448 g/mol.